The van der Waals surface area contributed by atoms with Crippen molar-refractivity contribution in [3.63, 3.8) is 0 Å². The van der Waals surface area contributed by atoms with Crippen LogP contribution in [0.3, 0.4) is 0 Å². The monoisotopic (exact) mass is 338 g/mol. The second kappa shape index (κ2) is 7.66. The number of nitrogens with zero attached hydrogens (tertiary/aromatic N) is 3. The van der Waals surface area contributed by atoms with Crippen LogP contribution in [0.5, 0.6) is 0 Å². The minimum atomic E-state index is -0.146. The summed E-state index contributed by atoms with van der Waals surface area (Å²) < 4.78 is 0. The maximum atomic E-state index is 12.6. The van der Waals surface area contributed by atoms with Gasteiger partial charge in [0.25, 0.3) is 0 Å². The SMILES string of the molecule is CC(C(=O)NCc1cccnc1N(C)C)N1CCc2ccccc2C1. The van der Waals surface area contributed by atoms with Crippen LogP contribution in [0.2, 0.25) is 0 Å². The fraction of sp³-hybridized carbons (Fsp3) is 0.400. The lowest BCUT2D eigenvalue weighted by molar-refractivity contribution is -0.126. The van der Waals surface area contributed by atoms with E-state index < -0.39 is 0 Å². The lowest BCUT2D eigenvalue weighted by atomic mass is 9.99. The Morgan fingerprint density at radius 2 is 2.00 bits per heavy atom. The second-order valence-corrected chi connectivity index (χ2v) is 6.76. The van der Waals surface area contributed by atoms with Crippen LogP contribution in [0.4, 0.5) is 5.82 Å². The van der Waals surface area contributed by atoms with Gasteiger partial charge in [-0.1, -0.05) is 30.3 Å². The van der Waals surface area contributed by atoms with Crippen LogP contribution in [0.25, 0.3) is 0 Å². The number of fused-ring (bicyclic) bond motifs is 1. The topological polar surface area (TPSA) is 48.5 Å². The molecule has 5 heteroatoms. The van der Waals surface area contributed by atoms with E-state index in [0.717, 1.165) is 30.9 Å². The van der Waals surface area contributed by atoms with Gasteiger partial charge in [-0.2, -0.15) is 0 Å². The van der Waals surface area contributed by atoms with Gasteiger partial charge >= 0.3 is 0 Å². The van der Waals surface area contributed by atoms with E-state index in [1.165, 1.54) is 11.1 Å². The maximum Gasteiger partial charge on any atom is 0.237 e. The molecule has 0 saturated heterocycles. The first-order chi connectivity index (χ1) is 12.1. The molecule has 3 rings (SSSR count). The molecule has 1 aliphatic heterocycles. The Kier molecular flexibility index (Phi) is 5.34. The Hall–Kier alpha value is -2.40. The summed E-state index contributed by atoms with van der Waals surface area (Å²) in [5.74, 6) is 0.954. The Morgan fingerprint density at radius 1 is 1.24 bits per heavy atom. The van der Waals surface area contributed by atoms with Crippen LogP contribution in [-0.2, 0) is 24.3 Å². The number of nitrogens with one attached hydrogen (secondary N) is 1. The van der Waals surface area contributed by atoms with E-state index in [0.29, 0.717) is 6.54 Å². The third-order valence-corrected chi connectivity index (χ3v) is 4.83. The van der Waals surface area contributed by atoms with E-state index >= 15 is 0 Å². The molecule has 25 heavy (non-hydrogen) atoms. The molecule has 2 heterocycles. The summed E-state index contributed by atoms with van der Waals surface area (Å²) in [6.45, 7) is 4.23. The molecule has 0 saturated carbocycles. The first-order valence-electron chi connectivity index (χ1n) is 8.76. The molecular weight excluding hydrogens is 312 g/mol. The zero-order chi connectivity index (χ0) is 17.8. The molecule has 5 nitrogen and oxygen atoms in total. The third-order valence-electron chi connectivity index (χ3n) is 4.83. The molecule has 0 radical (unpaired) electrons. The molecule has 0 bridgehead atoms. The van der Waals surface area contributed by atoms with Gasteiger partial charge in [-0.05, 0) is 30.5 Å². The highest BCUT2D eigenvalue weighted by Gasteiger charge is 2.25. The zero-order valence-electron chi connectivity index (χ0n) is 15.2. The van der Waals surface area contributed by atoms with Crippen LogP contribution in [0.1, 0.15) is 23.6 Å². The first kappa shape index (κ1) is 17.4. The van der Waals surface area contributed by atoms with Crippen molar-refractivity contribution in [3.8, 4) is 0 Å². The van der Waals surface area contributed by atoms with E-state index in [4.69, 9.17) is 0 Å². The van der Waals surface area contributed by atoms with Crippen molar-refractivity contribution in [1.82, 2.24) is 15.2 Å². The summed E-state index contributed by atoms with van der Waals surface area (Å²) in [6.07, 6.45) is 2.77. The number of hydrogen-bond acceptors (Lipinski definition) is 4. The summed E-state index contributed by atoms with van der Waals surface area (Å²) in [7, 11) is 3.92. The molecule has 1 aliphatic rings. The third kappa shape index (κ3) is 3.99. The number of anilines is 1. The first-order valence-corrected chi connectivity index (χ1v) is 8.76. The van der Waals surface area contributed by atoms with Crippen LogP contribution in [-0.4, -0.2) is 42.5 Å². The second-order valence-electron chi connectivity index (χ2n) is 6.76. The smallest absolute Gasteiger partial charge is 0.237 e. The summed E-state index contributed by atoms with van der Waals surface area (Å²) in [6, 6.07) is 12.3. The van der Waals surface area contributed by atoms with Crippen LogP contribution < -0.4 is 10.2 Å². The van der Waals surface area contributed by atoms with Gasteiger partial charge in [0, 0.05) is 45.5 Å². The highest BCUT2D eigenvalue weighted by molar-refractivity contribution is 5.81. The van der Waals surface area contributed by atoms with Crippen LogP contribution in [0, 0.1) is 0 Å². The largest absolute Gasteiger partial charge is 0.362 e. The van der Waals surface area contributed by atoms with Crippen molar-refractivity contribution in [2.45, 2.75) is 32.5 Å². The average molecular weight is 338 g/mol. The number of amides is 1. The molecule has 2 aromatic rings. The van der Waals surface area contributed by atoms with Crippen molar-refractivity contribution in [1.29, 1.82) is 0 Å². The van der Waals surface area contributed by atoms with Gasteiger partial charge in [-0.15, -0.1) is 0 Å². The van der Waals surface area contributed by atoms with E-state index in [1.807, 2.05) is 38.1 Å². The van der Waals surface area contributed by atoms with Crippen molar-refractivity contribution in [2.75, 3.05) is 25.5 Å². The molecule has 1 aromatic carbocycles. The van der Waals surface area contributed by atoms with E-state index in [9.17, 15) is 4.79 Å². The molecule has 1 atom stereocenters. The standard InChI is InChI=1S/C20H26N4O/c1-15(24-12-10-16-7-4-5-8-18(16)14-24)20(25)22-13-17-9-6-11-21-19(17)23(2)3/h4-9,11,15H,10,12-14H2,1-3H3,(H,22,25). The fourth-order valence-corrected chi connectivity index (χ4v) is 3.31. The molecule has 1 aromatic heterocycles. The number of carbonyl (C=O) groups excluding carboxylic acids is 1. The minimum Gasteiger partial charge on any atom is -0.362 e. The summed E-state index contributed by atoms with van der Waals surface area (Å²) in [4.78, 5) is 21.2. The minimum absolute atomic E-state index is 0.0629. The number of rotatable bonds is 5. The van der Waals surface area contributed by atoms with E-state index in [2.05, 4.69) is 39.5 Å². The summed E-state index contributed by atoms with van der Waals surface area (Å²) in [5, 5.41) is 3.07. The predicted octanol–water partition coefficient (Wildman–Crippen LogP) is 2.21. The van der Waals surface area contributed by atoms with Gasteiger partial charge in [-0.25, -0.2) is 4.98 Å². The van der Waals surface area contributed by atoms with E-state index in [1.54, 1.807) is 6.20 Å². The number of hydrogen-bond donors (Lipinski definition) is 1. The highest BCUT2D eigenvalue weighted by atomic mass is 16.2. The lowest BCUT2D eigenvalue weighted by Crippen LogP contribution is -2.46. The van der Waals surface area contributed by atoms with E-state index in [-0.39, 0.29) is 11.9 Å². The van der Waals surface area contributed by atoms with Gasteiger partial charge in [0.15, 0.2) is 0 Å². The molecule has 0 aliphatic carbocycles. The Labute approximate surface area is 149 Å². The van der Waals surface area contributed by atoms with Gasteiger partial charge in [0.05, 0.1) is 6.04 Å². The lowest BCUT2D eigenvalue weighted by Gasteiger charge is -2.33. The van der Waals surface area contributed by atoms with Gasteiger partial charge in [0.1, 0.15) is 5.82 Å². The molecule has 132 valence electrons. The molecular formula is C20H26N4O. The van der Waals surface area contributed by atoms with Gasteiger partial charge < -0.3 is 10.2 Å². The normalized spacial score (nSPS) is 15.3. The fourth-order valence-electron chi connectivity index (χ4n) is 3.31. The molecule has 0 spiro atoms. The number of benzene rings is 1. The van der Waals surface area contributed by atoms with Gasteiger partial charge in [-0.3, -0.25) is 9.69 Å². The number of carbonyl (C=O) groups is 1. The summed E-state index contributed by atoms with van der Waals surface area (Å²) in [5.41, 5.74) is 3.75. The maximum absolute atomic E-state index is 12.6. The Balaban J connectivity index is 1.61. The van der Waals surface area contributed by atoms with Crippen molar-refractivity contribution in [2.24, 2.45) is 0 Å². The Bertz CT molecular complexity index is 744. The van der Waals surface area contributed by atoms with Crippen LogP contribution in [0.15, 0.2) is 42.6 Å². The Morgan fingerprint density at radius 3 is 2.76 bits per heavy atom. The molecule has 0 fully saturated rings. The van der Waals surface area contributed by atoms with Crippen molar-refractivity contribution in [3.05, 3.63) is 59.3 Å². The van der Waals surface area contributed by atoms with Crippen molar-refractivity contribution >= 4 is 11.7 Å². The number of aromatic nitrogens is 1. The van der Waals surface area contributed by atoms with Gasteiger partial charge in [0.2, 0.25) is 5.91 Å². The highest BCUT2D eigenvalue weighted by Crippen LogP contribution is 2.20. The van der Waals surface area contributed by atoms with Crippen molar-refractivity contribution < 1.29 is 4.79 Å². The molecule has 1 amide bonds. The van der Waals surface area contributed by atoms with Crippen LogP contribution >= 0.6 is 0 Å². The number of pyridine rings is 1. The molecule has 1 N–H and O–H groups in total. The molecule has 1 unspecified atom stereocenters. The predicted molar refractivity (Wildman–Crippen MR) is 100 cm³/mol. The summed E-state index contributed by atoms with van der Waals surface area (Å²) >= 11 is 0. The quantitative estimate of drug-likeness (QED) is 0.908. The zero-order valence-corrected chi connectivity index (χ0v) is 15.2. The average Bonchev–Trinajstić information content (AvgIpc) is 2.65.